The van der Waals surface area contributed by atoms with Gasteiger partial charge in [-0.15, -0.1) is 0 Å². The molecule has 0 spiro atoms. The maximum Gasteiger partial charge on any atom is 0.224 e. The van der Waals surface area contributed by atoms with Crippen molar-refractivity contribution in [3.8, 4) is 0 Å². The summed E-state index contributed by atoms with van der Waals surface area (Å²) in [5, 5.41) is 3.08. The lowest BCUT2D eigenvalue weighted by molar-refractivity contribution is -0.126. The van der Waals surface area contributed by atoms with Gasteiger partial charge in [0.15, 0.2) is 0 Å². The first kappa shape index (κ1) is 16.6. The number of pyridine rings is 1. The fraction of sp³-hybridized carbons (Fsp3) is 0.368. The van der Waals surface area contributed by atoms with Gasteiger partial charge in [0.1, 0.15) is 6.10 Å². The van der Waals surface area contributed by atoms with Gasteiger partial charge in [0.2, 0.25) is 5.91 Å². The van der Waals surface area contributed by atoms with Gasteiger partial charge in [-0.05, 0) is 23.6 Å². The van der Waals surface area contributed by atoms with Gasteiger partial charge >= 0.3 is 0 Å². The molecule has 2 heterocycles. The van der Waals surface area contributed by atoms with Crippen LogP contribution in [0, 0.1) is 0 Å². The Bertz CT molecular complexity index is 634. The highest BCUT2D eigenvalue weighted by atomic mass is 16.5. The first-order valence-electron chi connectivity index (χ1n) is 8.23. The van der Waals surface area contributed by atoms with E-state index in [2.05, 4.69) is 10.3 Å². The Morgan fingerprint density at radius 1 is 1.21 bits per heavy atom. The molecule has 24 heavy (non-hydrogen) atoms. The third-order valence-electron chi connectivity index (χ3n) is 4.04. The van der Waals surface area contributed by atoms with E-state index in [4.69, 9.17) is 9.47 Å². The second-order valence-corrected chi connectivity index (χ2v) is 5.91. The summed E-state index contributed by atoms with van der Waals surface area (Å²) >= 11 is 0. The second-order valence-electron chi connectivity index (χ2n) is 5.91. The van der Waals surface area contributed by atoms with Gasteiger partial charge in [0.25, 0.3) is 0 Å². The van der Waals surface area contributed by atoms with E-state index in [1.165, 1.54) is 0 Å². The molecule has 1 fully saturated rings. The van der Waals surface area contributed by atoms with E-state index >= 15 is 0 Å². The summed E-state index contributed by atoms with van der Waals surface area (Å²) in [7, 11) is 0. The quantitative estimate of drug-likeness (QED) is 0.883. The number of carbonyl (C=O) groups is 1. The van der Waals surface area contributed by atoms with E-state index in [1.54, 1.807) is 12.4 Å². The minimum Gasteiger partial charge on any atom is -0.379 e. The summed E-state index contributed by atoms with van der Waals surface area (Å²) in [4.78, 5) is 16.3. The van der Waals surface area contributed by atoms with Crippen LogP contribution in [0.5, 0.6) is 0 Å². The number of hydrogen-bond acceptors (Lipinski definition) is 4. The summed E-state index contributed by atoms with van der Waals surface area (Å²) in [6.07, 6.45) is 4.38. The van der Waals surface area contributed by atoms with Gasteiger partial charge in [-0.2, -0.15) is 0 Å². The van der Waals surface area contributed by atoms with Gasteiger partial charge in [0, 0.05) is 19.0 Å². The van der Waals surface area contributed by atoms with Crippen LogP contribution in [0.1, 0.15) is 17.5 Å². The fourth-order valence-electron chi connectivity index (χ4n) is 2.76. The maximum absolute atomic E-state index is 12.3. The highest BCUT2D eigenvalue weighted by Gasteiger charge is 2.28. The first-order chi connectivity index (χ1) is 11.8. The number of rotatable bonds is 6. The molecular weight excluding hydrogens is 304 g/mol. The van der Waals surface area contributed by atoms with Gasteiger partial charge < -0.3 is 14.8 Å². The molecule has 0 radical (unpaired) electrons. The minimum absolute atomic E-state index is 0.0109. The number of ether oxygens (including phenoxy) is 2. The van der Waals surface area contributed by atoms with Crippen molar-refractivity contribution in [2.24, 2.45) is 0 Å². The van der Waals surface area contributed by atoms with Crippen molar-refractivity contribution in [1.29, 1.82) is 0 Å². The van der Waals surface area contributed by atoms with Crippen molar-refractivity contribution < 1.29 is 14.3 Å². The molecule has 0 bridgehead atoms. The molecule has 1 aliphatic rings. The van der Waals surface area contributed by atoms with Gasteiger partial charge in [-0.1, -0.05) is 36.4 Å². The highest BCUT2D eigenvalue weighted by molar-refractivity contribution is 5.78. The molecule has 126 valence electrons. The Labute approximate surface area is 142 Å². The number of aromatic nitrogens is 1. The van der Waals surface area contributed by atoms with Crippen LogP contribution in [-0.2, 0) is 27.3 Å². The lowest BCUT2D eigenvalue weighted by Gasteiger charge is -2.32. The van der Waals surface area contributed by atoms with E-state index < -0.39 is 0 Å². The van der Waals surface area contributed by atoms with Gasteiger partial charge in [-0.25, -0.2) is 0 Å². The predicted octanol–water partition coefficient (Wildman–Crippen LogP) is 2.11. The minimum atomic E-state index is -0.128. The van der Waals surface area contributed by atoms with E-state index in [0.29, 0.717) is 26.2 Å². The molecule has 5 nitrogen and oxygen atoms in total. The zero-order valence-corrected chi connectivity index (χ0v) is 13.6. The lowest BCUT2D eigenvalue weighted by Crippen LogP contribution is -2.50. The predicted molar refractivity (Wildman–Crippen MR) is 90.3 cm³/mol. The average molecular weight is 326 g/mol. The molecule has 1 aliphatic heterocycles. The van der Waals surface area contributed by atoms with Crippen molar-refractivity contribution in [3.63, 3.8) is 0 Å². The molecule has 2 atom stereocenters. The number of amides is 1. The van der Waals surface area contributed by atoms with Gasteiger partial charge in [-0.3, -0.25) is 9.78 Å². The van der Waals surface area contributed by atoms with Crippen molar-refractivity contribution in [2.75, 3.05) is 13.2 Å². The molecule has 0 unspecified atom stereocenters. The van der Waals surface area contributed by atoms with Crippen molar-refractivity contribution in [1.82, 2.24) is 10.3 Å². The maximum atomic E-state index is 12.3. The molecule has 3 rings (SSSR count). The fourth-order valence-corrected chi connectivity index (χ4v) is 2.76. The smallest absolute Gasteiger partial charge is 0.224 e. The molecule has 1 saturated heterocycles. The number of nitrogens with one attached hydrogen (secondary N) is 1. The van der Waals surface area contributed by atoms with Crippen molar-refractivity contribution in [3.05, 3.63) is 66.0 Å². The molecule has 1 N–H and O–H groups in total. The van der Waals surface area contributed by atoms with E-state index in [1.807, 2.05) is 42.5 Å². The first-order valence-corrected chi connectivity index (χ1v) is 8.23. The van der Waals surface area contributed by atoms with Crippen LogP contribution in [0.4, 0.5) is 0 Å². The van der Waals surface area contributed by atoms with Crippen LogP contribution in [0.25, 0.3) is 0 Å². The van der Waals surface area contributed by atoms with Crippen LogP contribution in [-0.4, -0.2) is 36.3 Å². The van der Waals surface area contributed by atoms with Crippen LogP contribution >= 0.6 is 0 Å². The van der Waals surface area contributed by atoms with Gasteiger partial charge in [0.05, 0.1) is 25.7 Å². The second kappa shape index (κ2) is 8.57. The summed E-state index contributed by atoms with van der Waals surface area (Å²) in [6.45, 7) is 1.66. The molecule has 0 aliphatic carbocycles. The lowest BCUT2D eigenvalue weighted by atomic mass is 10.1. The molecule has 5 heteroatoms. The Morgan fingerprint density at radius 3 is 2.83 bits per heavy atom. The highest BCUT2D eigenvalue weighted by Crippen LogP contribution is 2.14. The summed E-state index contributed by atoms with van der Waals surface area (Å²) < 4.78 is 11.5. The molecule has 2 aromatic rings. The van der Waals surface area contributed by atoms with Crippen LogP contribution in [0.15, 0.2) is 54.9 Å². The topological polar surface area (TPSA) is 60.5 Å². The average Bonchev–Trinajstić information content (AvgIpc) is 2.63. The zero-order valence-electron chi connectivity index (χ0n) is 13.6. The summed E-state index contributed by atoms with van der Waals surface area (Å²) in [5.74, 6) is -0.0109. The number of hydrogen-bond donors (Lipinski definition) is 1. The number of carbonyl (C=O) groups excluding carboxylic acids is 1. The Hall–Kier alpha value is -2.24. The monoisotopic (exact) mass is 326 g/mol. The Balaban J connectivity index is 1.53. The molecular formula is C19H22N2O3. The van der Waals surface area contributed by atoms with Crippen molar-refractivity contribution in [2.45, 2.75) is 31.6 Å². The summed E-state index contributed by atoms with van der Waals surface area (Å²) in [6, 6.07) is 13.7. The third kappa shape index (κ3) is 4.88. The molecule has 1 aromatic heterocycles. The number of benzene rings is 1. The summed E-state index contributed by atoms with van der Waals surface area (Å²) in [5.41, 5.74) is 2.02. The third-order valence-corrected chi connectivity index (χ3v) is 4.04. The van der Waals surface area contributed by atoms with Crippen molar-refractivity contribution >= 4 is 5.91 Å². The van der Waals surface area contributed by atoms with E-state index in [9.17, 15) is 4.79 Å². The largest absolute Gasteiger partial charge is 0.379 e. The normalized spacial score (nSPS) is 20.5. The Morgan fingerprint density at radius 2 is 2.04 bits per heavy atom. The Kier molecular flexibility index (Phi) is 5.93. The van der Waals surface area contributed by atoms with Crippen LogP contribution < -0.4 is 5.32 Å². The SMILES string of the molecule is O=C(Cc1cccnc1)N[C@@H]1CCOC[C@H]1OCc1ccccc1. The van der Waals surface area contributed by atoms with Crippen LogP contribution in [0.3, 0.4) is 0 Å². The van der Waals surface area contributed by atoms with Crippen LogP contribution in [0.2, 0.25) is 0 Å². The number of nitrogens with zero attached hydrogens (tertiary/aromatic N) is 1. The zero-order chi connectivity index (χ0) is 16.6. The molecule has 0 saturated carbocycles. The standard InChI is InChI=1S/C19H22N2O3/c22-19(11-16-7-4-9-20-12-16)21-17-8-10-23-14-18(17)24-13-15-5-2-1-3-6-15/h1-7,9,12,17-18H,8,10-11,13-14H2,(H,21,22)/t17-,18-/m1/s1. The molecule has 1 aromatic carbocycles. The van der Waals surface area contributed by atoms with E-state index in [-0.39, 0.29) is 18.1 Å². The van der Waals surface area contributed by atoms with E-state index in [0.717, 1.165) is 17.5 Å². The molecule has 1 amide bonds.